The summed E-state index contributed by atoms with van der Waals surface area (Å²) in [4.78, 5) is 19.8. The number of hydrogen-bond donors (Lipinski definition) is 1. The Labute approximate surface area is 155 Å². The third kappa shape index (κ3) is 2.79. The molecule has 0 unspecified atom stereocenters. The fourth-order valence-electron chi connectivity index (χ4n) is 3.65. The molecule has 2 heterocycles. The first-order valence-electron chi connectivity index (χ1n) is 9.12. The lowest BCUT2D eigenvalue weighted by Crippen LogP contribution is -2.11. The minimum absolute atomic E-state index is 0.184. The third-order valence-corrected chi connectivity index (χ3v) is 4.98. The van der Waals surface area contributed by atoms with E-state index in [1.807, 2.05) is 42.5 Å². The van der Waals surface area contributed by atoms with Crippen molar-refractivity contribution in [1.82, 2.24) is 19.7 Å². The first kappa shape index (κ1) is 15.8. The molecule has 1 aliphatic rings. The Morgan fingerprint density at radius 1 is 1.00 bits per heavy atom. The van der Waals surface area contributed by atoms with Crippen molar-refractivity contribution in [2.24, 2.45) is 0 Å². The minimum atomic E-state index is -0.262. The molecule has 5 rings (SSSR count). The first-order valence-corrected chi connectivity index (χ1v) is 9.12. The van der Waals surface area contributed by atoms with Crippen molar-refractivity contribution >= 4 is 11.0 Å². The van der Waals surface area contributed by atoms with E-state index >= 15 is 0 Å². The molecular formula is C21H18N4O2. The highest BCUT2D eigenvalue weighted by molar-refractivity contribution is 5.75. The van der Waals surface area contributed by atoms with Crippen molar-refractivity contribution in [3.63, 3.8) is 0 Å². The van der Waals surface area contributed by atoms with Gasteiger partial charge in [0.25, 0.3) is 5.56 Å². The van der Waals surface area contributed by atoms with E-state index < -0.39 is 0 Å². The van der Waals surface area contributed by atoms with Crippen LogP contribution in [0.2, 0.25) is 0 Å². The molecule has 0 spiro atoms. The van der Waals surface area contributed by atoms with Crippen molar-refractivity contribution in [2.45, 2.75) is 25.7 Å². The van der Waals surface area contributed by atoms with E-state index in [2.05, 4.69) is 21.1 Å². The topological polar surface area (TPSA) is 72.8 Å². The summed E-state index contributed by atoms with van der Waals surface area (Å²) >= 11 is 0. The van der Waals surface area contributed by atoms with E-state index in [9.17, 15) is 4.79 Å². The normalized spacial score (nSPS) is 13.5. The van der Waals surface area contributed by atoms with E-state index in [0.29, 0.717) is 11.0 Å². The molecule has 2 aromatic heterocycles. The molecular weight excluding hydrogens is 340 g/mol. The van der Waals surface area contributed by atoms with Gasteiger partial charge in [-0.3, -0.25) is 9.78 Å². The molecule has 0 radical (unpaired) electrons. The zero-order chi connectivity index (χ0) is 18.2. The van der Waals surface area contributed by atoms with Gasteiger partial charge >= 0.3 is 6.01 Å². The molecule has 6 nitrogen and oxygen atoms in total. The minimum Gasteiger partial charge on any atom is -0.425 e. The van der Waals surface area contributed by atoms with E-state index in [1.54, 1.807) is 4.68 Å². The van der Waals surface area contributed by atoms with Crippen LogP contribution in [0.5, 0.6) is 11.8 Å². The zero-order valence-corrected chi connectivity index (χ0v) is 14.7. The van der Waals surface area contributed by atoms with E-state index in [0.717, 1.165) is 30.7 Å². The van der Waals surface area contributed by atoms with Crippen LogP contribution in [0, 0.1) is 0 Å². The highest BCUT2D eigenvalue weighted by atomic mass is 16.5. The summed E-state index contributed by atoms with van der Waals surface area (Å²) in [7, 11) is 0. The zero-order valence-electron chi connectivity index (χ0n) is 14.7. The second-order valence-electron chi connectivity index (χ2n) is 6.70. The number of benzene rings is 2. The molecule has 0 amide bonds. The summed E-state index contributed by atoms with van der Waals surface area (Å²) in [6.45, 7) is 0. The quantitative estimate of drug-likeness (QED) is 0.605. The van der Waals surface area contributed by atoms with E-state index in [1.165, 1.54) is 23.7 Å². The molecule has 1 aliphatic carbocycles. The van der Waals surface area contributed by atoms with Crippen LogP contribution in [0.1, 0.15) is 24.0 Å². The predicted octanol–water partition coefficient (Wildman–Crippen LogP) is 3.78. The Bertz CT molecular complexity index is 1180. The van der Waals surface area contributed by atoms with Gasteiger partial charge in [0, 0.05) is 0 Å². The van der Waals surface area contributed by atoms with Gasteiger partial charge in [0.2, 0.25) is 0 Å². The van der Waals surface area contributed by atoms with Gasteiger partial charge in [-0.05, 0) is 55.0 Å². The van der Waals surface area contributed by atoms with Gasteiger partial charge in [0.15, 0.2) is 5.65 Å². The molecule has 6 heteroatoms. The average Bonchev–Trinajstić information content (AvgIpc) is 3.13. The monoisotopic (exact) mass is 358 g/mol. The summed E-state index contributed by atoms with van der Waals surface area (Å²) in [5, 5.41) is 4.76. The second-order valence-corrected chi connectivity index (χ2v) is 6.70. The third-order valence-electron chi connectivity index (χ3n) is 4.98. The fraction of sp³-hybridized carbons (Fsp3) is 0.190. The Balaban J connectivity index is 1.60. The molecule has 134 valence electrons. The number of aromatic amines is 1. The van der Waals surface area contributed by atoms with E-state index in [4.69, 9.17) is 4.74 Å². The van der Waals surface area contributed by atoms with E-state index in [-0.39, 0.29) is 11.6 Å². The Morgan fingerprint density at radius 3 is 2.74 bits per heavy atom. The fourth-order valence-corrected chi connectivity index (χ4v) is 3.65. The number of para-hydroxylation sites is 1. The number of ether oxygens (including phenoxy) is 1. The molecule has 4 aromatic rings. The van der Waals surface area contributed by atoms with Crippen molar-refractivity contribution in [1.29, 1.82) is 0 Å². The van der Waals surface area contributed by atoms with Gasteiger partial charge in [-0.25, -0.2) is 4.68 Å². The van der Waals surface area contributed by atoms with Crippen LogP contribution in [-0.4, -0.2) is 19.7 Å². The van der Waals surface area contributed by atoms with Crippen LogP contribution in [-0.2, 0) is 12.8 Å². The number of aromatic nitrogens is 4. The molecule has 0 bridgehead atoms. The number of H-pyrrole nitrogens is 1. The number of nitrogens with zero attached hydrogens (tertiary/aromatic N) is 3. The number of hydrogen-bond acceptors (Lipinski definition) is 4. The molecule has 2 aromatic carbocycles. The number of rotatable bonds is 3. The van der Waals surface area contributed by atoms with Gasteiger partial charge < -0.3 is 4.74 Å². The summed E-state index contributed by atoms with van der Waals surface area (Å²) in [5.41, 5.74) is 3.58. The van der Waals surface area contributed by atoms with Crippen LogP contribution < -0.4 is 10.3 Å². The van der Waals surface area contributed by atoms with Crippen LogP contribution in [0.3, 0.4) is 0 Å². The lowest BCUT2D eigenvalue weighted by molar-refractivity contribution is 0.433. The van der Waals surface area contributed by atoms with Crippen LogP contribution >= 0.6 is 0 Å². The maximum absolute atomic E-state index is 12.5. The number of nitrogens with one attached hydrogen (secondary N) is 1. The Morgan fingerprint density at radius 2 is 1.85 bits per heavy atom. The first-order chi connectivity index (χ1) is 13.3. The SMILES string of the molecule is O=c1[nH]c(Oc2cccc3c2CCCC3)nc2c1cnn2-c1ccccc1. The van der Waals surface area contributed by atoms with Gasteiger partial charge in [-0.15, -0.1) is 0 Å². The van der Waals surface area contributed by atoms with Crippen molar-refractivity contribution in [2.75, 3.05) is 0 Å². The maximum Gasteiger partial charge on any atom is 0.304 e. The molecule has 0 saturated heterocycles. The maximum atomic E-state index is 12.5. The highest BCUT2D eigenvalue weighted by Crippen LogP contribution is 2.31. The lowest BCUT2D eigenvalue weighted by Gasteiger charge is -2.18. The Hall–Kier alpha value is -3.41. The molecule has 1 N–H and O–H groups in total. The largest absolute Gasteiger partial charge is 0.425 e. The smallest absolute Gasteiger partial charge is 0.304 e. The summed E-state index contributed by atoms with van der Waals surface area (Å²) in [6, 6.07) is 15.9. The van der Waals surface area contributed by atoms with Crippen LogP contribution in [0.15, 0.2) is 59.5 Å². The highest BCUT2D eigenvalue weighted by Gasteiger charge is 2.17. The van der Waals surface area contributed by atoms with Crippen molar-refractivity contribution in [3.8, 4) is 17.4 Å². The number of fused-ring (bicyclic) bond motifs is 2. The summed E-state index contributed by atoms with van der Waals surface area (Å²) in [5.74, 6) is 0.764. The Kier molecular flexibility index (Phi) is 3.74. The molecule has 27 heavy (non-hydrogen) atoms. The van der Waals surface area contributed by atoms with Gasteiger partial charge in [0.05, 0.1) is 11.9 Å². The van der Waals surface area contributed by atoms with Crippen molar-refractivity contribution < 1.29 is 4.74 Å². The average molecular weight is 358 g/mol. The van der Waals surface area contributed by atoms with Crippen LogP contribution in [0.4, 0.5) is 0 Å². The molecule has 0 saturated carbocycles. The molecule has 0 atom stereocenters. The van der Waals surface area contributed by atoms with Gasteiger partial charge in [0.1, 0.15) is 11.1 Å². The van der Waals surface area contributed by atoms with Crippen LogP contribution in [0.25, 0.3) is 16.7 Å². The molecule has 0 aliphatic heterocycles. The second kappa shape index (κ2) is 6.39. The standard InChI is InChI=1S/C21H18N4O2/c26-20-17-13-22-25(15-9-2-1-3-10-15)19(17)23-21(24-20)27-18-12-6-8-14-7-4-5-11-16(14)18/h1-3,6,8-10,12-13H,4-5,7,11H2,(H,23,24,26). The predicted molar refractivity (Wildman–Crippen MR) is 103 cm³/mol. The van der Waals surface area contributed by atoms with Crippen molar-refractivity contribution in [3.05, 3.63) is 76.2 Å². The lowest BCUT2D eigenvalue weighted by atomic mass is 9.91. The summed E-state index contributed by atoms with van der Waals surface area (Å²) < 4.78 is 7.67. The van der Waals surface area contributed by atoms with Gasteiger partial charge in [-0.2, -0.15) is 10.1 Å². The number of aryl methyl sites for hydroxylation is 1. The summed E-state index contributed by atoms with van der Waals surface area (Å²) in [6.07, 6.45) is 5.93. The van der Waals surface area contributed by atoms with Gasteiger partial charge in [-0.1, -0.05) is 30.3 Å². The molecule has 0 fully saturated rings.